The minimum absolute atomic E-state index is 0.0590. The van der Waals surface area contributed by atoms with Crippen LogP contribution in [0.4, 0.5) is 0 Å². The number of benzene rings is 2. The zero-order valence-electron chi connectivity index (χ0n) is 17.7. The molecular formula is C24H22N4O3S. The van der Waals surface area contributed by atoms with Gasteiger partial charge in [0.2, 0.25) is 11.8 Å². The SMILES string of the molecule is CC(=O)NCCC1=c2ccccc2=NC1=Cc1c(O)n(-c2cccc(C)c2)c(=S)[nH]c1=O. The van der Waals surface area contributed by atoms with Gasteiger partial charge < -0.3 is 10.4 Å². The molecule has 3 aromatic rings. The molecule has 1 aromatic heterocycles. The molecule has 7 nitrogen and oxygen atoms in total. The second kappa shape index (κ2) is 8.76. The molecule has 162 valence electrons. The van der Waals surface area contributed by atoms with Crippen LogP contribution in [-0.4, -0.2) is 27.1 Å². The third-order valence-corrected chi connectivity index (χ3v) is 5.47. The monoisotopic (exact) mass is 446 g/mol. The first-order valence-electron chi connectivity index (χ1n) is 10.1. The summed E-state index contributed by atoms with van der Waals surface area (Å²) in [6, 6.07) is 15.1. The third-order valence-electron chi connectivity index (χ3n) is 5.19. The van der Waals surface area contributed by atoms with Crippen molar-refractivity contribution in [2.45, 2.75) is 20.3 Å². The van der Waals surface area contributed by atoms with Crippen LogP contribution in [0.2, 0.25) is 0 Å². The van der Waals surface area contributed by atoms with E-state index in [0.717, 1.165) is 21.7 Å². The molecule has 4 rings (SSSR count). The highest BCUT2D eigenvalue weighted by Crippen LogP contribution is 2.25. The van der Waals surface area contributed by atoms with E-state index in [1.165, 1.54) is 11.5 Å². The number of carbonyl (C=O) groups excluding carboxylic acids is 1. The van der Waals surface area contributed by atoms with E-state index >= 15 is 0 Å². The van der Waals surface area contributed by atoms with Gasteiger partial charge in [-0.15, -0.1) is 0 Å². The number of carbonyl (C=O) groups is 1. The molecule has 0 spiro atoms. The molecule has 2 aromatic carbocycles. The number of nitrogens with zero attached hydrogens (tertiary/aromatic N) is 2. The fourth-order valence-corrected chi connectivity index (χ4v) is 4.00. The Bertz CT molecular complexity index is 1500. The fourth-order valence-electron chi connectivity index (χ4n) is 3.72. The standard InChI is InChI=1S/C24H22N4O3S/c1-14-6-5-7-16(12-14)28-23(31)19(22(30)27-24(28)32)13-21-18(10-11-25-15(2)29)17-8-3-4-9-20(17)26-21/h3-9,12-13,31H,10-11H2,1-2H3,(H,25,29)(H,27,30,32). The van der Waals surface area contributed by atoms with E-state index in [1.54, 1.807) is 12.1 Å². The van der Waals surface area contributed by atoms with Gasteiger partial charge in [0.25, 0.3) is 5.56 Å². The van der Waals surface area contributed by atoms with Gasteiger partial charge in [-0.3, -0.25) is 19.1 Å². The summed E-state index contributed by atoms with van der Waals surface area (Å²) in [6.45, 7) is 3.83. The molecule has 0 saturated heterocycles. The van der Waals surface area contributed by atoms with Crippen molar-refractivity contribution in [1.29, 1.82) is 0 Å². The zero-order valence-corrected chi connectivity index (χ0v) is 18.5. The van der Waals surface area contributed by atoms with Crippen LogP contribution in [0.15, 0.2) is 64.0 Å². The molecule has 0 fully saturated rings. The van der Waals surface area contributed by atoms with Crippen molar-refractivity contribution in [3.05, 3.63) is 91.1 Å². The molecule has 0 radical (unpaired) electrons. The highest BCUT2D eigenvalue weighted by atomic mass is 32.1. The van der Waals surface area contributed by atoms with Gasteiger partial charge in [0.1, 0.15) is 5.56 Å². The van der Waals surface area contributed by atoms with E-state index < -0.39 is 5.56 Å². The van der Waals surface area contributed by atoms with Crippen LogP contribution < -0.4 is 21.5 Å². The molecule has 1 aliphatic rings. The normalized spacial score (nSPS) is 13.7. The summed E-state index contributed by atoms with van der Waals surface area (Å²) in [5.41, 5.74) is 2.64. The third kappa shape index (κ3) is 4.17. The molecule has 0 aliphatic carbocycles. The largest absolute Gasteiger partial charge is 0.494 e. The molecule has 0 unspecified atom stereocenters. The number of aromatic nitrogens is 2. The highest BCUT2D eigenvalue weighted by Gasteiger charge is 2.17. The zero-order chi connectivity index (χ0) is 22.8. The quantitative estimate of drug-likeness (QED) is 0.524. The summed E-state index contributed by atoms with van der Waals surface area (Å²) in [4.78, 5) is 31.3. The number of para-hydroxylation sites is 1. The molecule has 3 N–H and O–H groups in total. The number of hydrogen-bond donors (Lipinski definition) is 3. The molecule has 2 heterocycles. The molecular weight excluding hydrogens is 424 g/mol. The first kappa shape index (κ1) is 21.5. The van der Waals surface area contributed by atoms with Gasteiger partial charge in [0.15, 0.2) is 4.77 Å². The first-order chi connectivity index (χ1) is 15.3. The molecule has 1 amide bonds. The number of aryl methyl sites for hydroxylation is 1. The fraction of sp³-hybridized carbons (Fsp3) is 0.167. The maximum atomic E-state index is 12.7. The summed E-state index contributed by atoms with van der Waals surface area (Å²) in [6.07, 6.45) is 2.10. The summed E-state index contributed by atoms with van der Waals surface area (Å²) < 4.78 is 1.52. The number of nitrogens with one attached hydrogen (secondary N) is 2. The first-order valence-corrected chi connectivity index (χ1v) is 10.5. The van der Waals surface area contributed by atoms with Gasteiger partial charge in [-0.05, 0) is 61.0 Å². The Balaban J connectivity index is 1.87. The lowest BCUT2D eigenvalue weighted by atomic mass is 10.1. The number of allylic oxidation sites excluding steroid dienone is 1. The van der Waals surface area contributed by atoms with Crippen LogP contribution in [0.5, 0.6) is 5.88 Å². The van der Waals surface area contributed by atoms with E-state index in [0.29, 0.717) is 24.4 Å². The lowest BCUT2D eigenvalue weighted by Crippen LogP contribution is -2.25. The Morgan fingerprint density at radius 1 is 1.25 bits per heavy atom. The summed E-state index contributed by atoms with van der Waals surface area (Å²) in [5.74, 6) is -0.377. The van der Waals surface area contributed by atoms with E-state index in [4.69, 9.17) is 12.2 Å². The smallest absolute Gasteiger partial charge is 0.262 e. The predicted octanol–water partition coefficient (Wildman–Crippen LogP) is 2.26. The van der Waals surface area contributed by atoms with Gasteiger partial charge in [0, 0.05) is 18.7 Å². The van der Waals surface area contributed by atoms with Crippen molar-refractivity contribution in [2.24, 2.45) is 4.99 Å². The van der Waals surface area contributed by atoms with Crippen LogP contribution >= 0.6 is 12.2 Å². The van der Waals surface area contributed by atoms with E-state index in [9.17, 15) is 14.7 Å². The maximum Gasteiger partial charge on any atom is 0.262 e. The topological polar surface area (TPSA) is 99.5 Å². The second-order valence-corrected chi connectivity index (χ2v) is 7.93. The van der Waals surface area contributed by atoms with E-state index in [-0.39, 0.29) is 22.1 Å². The maximum absolute atomic E-state index is 12.7. The molecule has 8 heteroatoms. The van der Waals surface area contributed by atoms with Gasteiger partial charge in [-0.2, -0.15) is 0 Å². The Hall–Kier alpha value is -3.78. The Labute approximate surface area is 189 Å². The van der Waals surface area contributed by atoms with Crippen molar-refractivity contribution < 1.29 is 9.90 Å². The van der Waals surface area contributed by atoms with Crippen LogP contribution in [-0.2, 0) is 4.79 Å². The molecule has 0 saturated carbocycles. The number of H-pyrrole nitrogens is 1. The molecule has 32 heavy (non-hydrogen) atoms. The van der Waals surface area contributed by atoms with Crippen molar-refractivity contribution >= 4 is 29.8 Å². The van der Waals surface area contributed by atoms with Crippen LogP contribution in [0.1, 0.15) is 24.5 Å². The minimum Gasteiger partial charge on any atom is -0.494 e. The summed E-state index contributed by atoms with van der Waals surface area (Å²) in [7, 11) is 0. The number of hydrogen-bond acceptors (Lipinski definition) is 5. The lowest BCUT2D eigenvalue weighted by Gasteiger charge is -2.12. The van der Waals surface area contributed by atoms with Crippen molar-refractivity contribution in [2.75, 3.05) is 6.54 Å². The number of aromatic amines is 1. The van der Waals surface area contributed by atoms with Crippen LogP contribution in [0, 0.1) is 11.7 Å². The minimum atomic E-state index is -0.503. The van der Waals surface area contributed by atoms with Gasteiger partial charge in [-0.25, -0.2) is 4.99 Å². The van der Waals surface area contributed by atoms with Gasteiger partial charge in [0.05, 0.1) is 16.7 Å². The number of aromatic hydroxyl groups is 1. The van der Waals surface area contributed by atoms with E-state index in [1.807, 2.05) is 49.4 Å². The number of fused-ring (bicyclic) bond motifs is 1. The average molecular weight is 447 g/mol. The Kier molecular flexibility index (Phi) is 5.87. The van der Waals surface area contributed by atoms with Crippen molar-refractivity contribution in [3.8, 4) is 11.6 Å². The number of amides is 1. The van der Waals surface area contributed by atoms with Crippen molar-refractivity contribution in [1.82, 2.24) is 14.9 Å². The number of rotatable bonds is 5. The van der Waals surface area contributed by atoms with Gasteiger partial charge >= 0.3 is 0 Å². The lowest BCUT2D eigenvalue weighted by molar-refractivity contribution is -0.118. The predicted molar refractivity (Wildman–Crippen MR) is 126 cm³/mol. The summed E-state index contributed by atoms with van der Waals surface area (Å²) >= 11 is 5.31. The van der Waals surface area contributed by atoms with Gasteiger partial charge in [-0.1, -0.05) is 30.3 Å². The molecule has 1 aliphatic heterocycles. The highest BCUT2D eigenvalue weighted by molar-refractivity contribution is 7.71. The van der Waals surface area contributed by atoms with Crippen LogP contribution in [0.3, 0.4) is 0 Å². The second-order valence-electron chi connectivity index (χ2n) is 7.54. The molecule has 0 atom stereocenters. The molecule has 0 bridgehead atoms. The Morgan fingerprint density at radius 3 is 2.78 bits per heavy atom. The Morgan fingerprint density at radius 2 is 2.03 bits per heavy atom. The van der Waals surface area contributed by atoms with E-state index in [2.05, 4.69) is 15.3 Å². The van der Waals surface area contributed by atoms with Crippen molar-refractivity contribution in [3.63, 3.8) is 0 Å². The average Bonchev–Trinajstić information content (AvgIpc) is 3.08. The summed E-state index contributed by atoms with van der Waals surface area (Å²) in [5, 5.41) is 15.5. The van der Waals surface area contributed by atoms with Crippen LogP contribution in [0.25, 0.3) is 17.3 Å².